The molecular weight excluding hydrogens is 380 g/mol. The summed E-state index contributed by atoms with van der Waals surface area (Å²) in [5.74, 6) is 0.227. The van der Waals surface area contributed by atoms with Crippen molar-refractivity contribution < 1.29 is 9.53 Å². The average molecular weight is 404 g/mol. The first-order valence-electron chi connectivity index (χ1n) is 10.1. The van der Waals surface area contributed by atoms with E-state index in [1.807, 2.05) is 45.2 Å². The van der Waals surface area contributed by atoms with Crippen LogP contribution >= 0.6 is 0 Å². The van der Waals surface area contributed by atoms with Gasteiger partial charge in [-0.2, -0.15) is 14.8 Å². The van der Waals surface area contributed by atoms with Crippen molar-refractivity contribution in [3.63, 3.8) is 0 Å². The Morgan fingerprint density at radius 2 is 2.07 bits per heavy atom. The summed E-state index contributed by atoms with van der Waals surface area (Å²) in [6, 6.07) is 8.07. The van der Waals surface area contributed by atoms with Gasteiger partial charge in [0.2, 0.25) is 0 Å². The highest BCUT2D eigenvalue weighted by Gasteiger charge is 2.31. The zero-order valence-electron chi connectivity index (χ0n) is 17.3. The summed E-state index contributed by atoms with van der Waals surface area (Å²) in [5.41, 5.74) is 4.46. The number of carbonyl (C=O) groups excluding carboxylic acids is 1. The first-order chi connectivity index (χ1) is 14.4. The molecular formula is C22H24N6O2. The van der Waals surface area contributed by atoms with E-state index in [0.717, 1.165) is 39.8 Å². The lowest BCUT2D eigenvalue weighted by Crippen LogP contribution is -2.35. The Kier molecular flexibility index (Phi) is 4.23. The Hall–Kier alpha value is -3.42. The van der Waals surface area contributed by atoms with Crippen molar-refractivity contribution >= 4 is 22.6 Å². The number of ether oxygens (including phenoxy) is 1. The standard InChI is InChI=1S/C22H24N6O2/c1-22(2,3)30-21(29)27-10-7-14(13-27)18-11-16-15(6-9-23-20(16)26-18)17-12-25-28-19(17)5-4-8-24-28/h4-6,8-9,11-12,14H,7,10,13H2,1-3H3,(H,23,26). The molecule has 30 heavy (non-hydrogen) atoms. The molecule has 154 valence electrons. The molecule has 1 unspecified atom stereocenters. The Morgan fingerprint density at radius 3 is 2.90 bits per heavy atom. The van der Waals surface area contributed by atoms with Crippen molar-refractivity contribution in [2.24, 2.45) is 0 Å². The Labute approximate surface area is 173 Å². The van der Waals surface area contributed by atoms with E-state index in [-0.39, 0.29) is 12.0 Å². The summed E-state index contributed by atoms with van der Waals surface area (Å²) in [5, 5.41) is 9.66. The zero-order chi connectivity index (χ0) is 20.9. The Balaban J connectivity index is 1.45. The molecule has 1 amide bonds. The zero-order valence-corrected chi connectivity index (χ0v) is 17.3. The second-order valence-corrected chi connectivity index (χ2v) is 8.71. The number of fused-ring (bicyclic) bond motifs is 2. The summed E-state index contributed by atoms with van der Waals surface area (Å²) in [4.78, 5) is 22.2. The van der Waals surface area contributed by atoms with Gasteiger partial charge < -0.3 is 14.6 Å². The summed E-state index contributed by atoms with van der Waals surface area (Å²) < 4.78 is 7.15. The molecule has 8 heteroatoms. The van der Waals surface area contributed by atoms with Gasteiger partial charge in [0.15, 0.2) is 0 Å². The SMILES string of the molecule is CC(C)(C)OC(=O)N1CCC(c2cc3c(-c4cnn5ncccc45)ccnc3[nH]2)C1. The summed E-state index contributed by atoms with van der Waals surface area (Å²) in [6.45, 7) is 6.99. The van der Waals surface area contributed by atoms with Crippen LogP contribution < -0.4 is 0 Å². The van der Waals surface area contributed by atoms with Crippen LogP contribution in [0.3, 0.4) is 0 Å². The fraction of sp³-hybridized carbons (Fsp3) is 0.364. The molecule has 0 saturated carbocycles. The maximum absolute atomic E-state index is 12.4. The predicted octanol–water partition coefficient (Wildman–Crippen LogP) is 4.00. The van der Waals surface area contributed by atoms with Crippen molar-refractivity contribution in [2.75, 3.05) is 13.1 Å². The molecule has 1 aliphatic rings. The van der Waals surface area contributed by atoms with Gasteiger partial charge in [-0.25, -0.2) is 9.78 Å². The highest BCUT2D eigenvalue weighted by Crippen LogP contribution is 2.34. The monoisotopic (exact) mass is 404 g/mol. The molecule has 0 aliphatic carbocycles. The largest absolute Gasteiger partial charge is 0.444 e. The number of amides is 1. The molecule has 0 bridgehead atoms. The van der Waals surface area contributed by atoms with Gasteiger partial charge >= 0.3 is 6.09 Å². The Bertz CT molecular complexity index is 1240. The van der Waals surface area contributed by atoms with Gasteiger partial charge in [0.25, 0.3) is 0 Å². The molecule has 0 radical (unpaired) electrons. The maximum atomic E-state index is 12.4. The minimum absolute atomic E-state index is 0.227. The van der Waals surface area contributed by atoms with Crippen LogP contribution in [0.25, 0.3) is 27.7 Å². The molecule has 4 aromatic rings. The van der Waals surface area contributed by atoms with E-state index in [0.29, 0.717) is 13.1 Å². The third-order valence-electron chi connectivity index (χ3n) is 5.43. The summed E-state index contributed by atoms with van der Waals surface area (Å²) in [6.07, 6.45) is 6.00. The van der Waals surface area contributed by atoms with Gasteiger partial charge in [-0.15, -0.1) is 0 Å². The number of hydrogen-bond donors (Lipinski definition) is 1. The van der Waals surface area contributed by atoms with E-state index in [1.165, 1.54) is 0 Å². The van der Waals surface area contributed by atoms with Crippen LogP contribution in [0.2, 0.25) is 0 Å². The number of pyridine rings is 1. The molecule has 0 spiro atoms. The number of rotatable bonds is 2. The fourth-order valence-electron chi connectivity index (χ4n) is 4.05. The van der Waals surface area contributed by atoms with Crippen molar-refractivity contribution in [3.8, 4) is 11.1 Å². The highest BCUT2D eigenvalue weighted by molar-refractivity contribution is 5.97. The van der Waals surface area contributed by atoms with Crippen molar-refractivity contribution in [3.05, 3.63) is 48.5 Å². The first kappa shape index (κ1) is 18.6. The van der Waals surface area contributed by atoms with E-state index in [1.54, 1.807) is 21.9 Å². The van der Waals surface area contributed by atoms with Crippen LogP contribution in [-0.2, 0) is 4.74 Å². The van der Waals surface area contributed by atoms with Crippen LogP contribution in [0.1, 0.15) is 38.8 Å². The number of aromatic nitrogens is 5. The van der Waals surface area contributed by atoms with Crippen molar-refractivity contribution in [1.29, 1.82) is 0 Å². The van der Waals surface area contributed by atoms with E-state index in [2.05, 4.69) is 26.2 Å². The first-order valence-corrected chi connectivity index (χ1v) is 10.1. The van der Waals surface area contributed by atoms with Gasteiger partial charge in [-0.3, -0.25) is 0 Å². The number of carbonyl (C=O) groups is 1. The van der Waals surface area contributed by atoms with Crippen LogP contribution in [0.4, 0.5) is 4.79 Å². The third-order valence-corrected chi connectivity index (χ3v) is 5.43. The third kappa shape index (κ3) is 3.28. The van der Waals surface area contributed by atoms with Crippen LogP contribution in [-0.4, -0.2) is 54.5 Å². The van der Waals surface area contributed by atoms with Gasteiger partial charge in [0, 0.05) is 48.0 Å². The number of hydrogen-bond acceptors (Lipinski definition) is 5. The average Bonchev–Trinajstić information content (AvgIpc) is 3.43. The molecule has 1 fully saturated rings. The van der Waals surface area contributed by atoms with Crippen LogP contribution in [0, 0.1) is 0 Å². The molecule has 4 aromatic heterocycles. The van der Waals surface area contributed by atoms with Gasteiger partial charge in [0.05, 0.1) is 11.7 Å². The van der Waals surface area contributed by atoms with E-state index in [9.17, 15) is 4.79 Å². The second kappa shape index (κ2) is 6.83. The molecule has 8 nitrogen and oxygen atoms in total. The maximum Gasteiger partial charge on any atom is 0.410 e. The minimum Gasteiger partial charge on any atom is -0.444 e. The molecule has 5 heterocycles. The molecule has 5 rings (SSSR count). The van der Waals surface area contributed by atoms with Crippen molar-refractivity contribution in [2.45, 2.75) is 38.7 Å². The highest BCUT2D eigenvalue weighted by atomic mass is 16.6. The van der Waals surface area contributed by atoms with Gasteiger partial charge in [0.1, 0.15) is 11.2 Å². The van der Waals surface area contributed by atoms with E-state index in [4.69, 9.17) is 4.74 Å². The molecule has 1 aliphatic heterocycles. The predicted molar refractivity (Wildman–Crippen MR) is 113 cm³/mol. The van der Waals surface area contributed by atoms with Crippen LogP contribution in [0.5, 0.6) is 0 Å². The number of nitrogens with zero attached hydrogens (tertiary/aromatic N) is 5. The Morgan fingerprint density at radius 1 is 1.20 bits per heavy atom. The second-order valence-electron chi connectivity index (χ2n) is 8.71. The lowest BCUT2D eigenvalue weighted by molar-refractivity contribution is 0.0292. The van der Waals surface area contributed by atoms with Gasteiger partial charge in [-0.05, 0) is 57.0 Å². The lowest BCUT2D eigenvalue weighted by Gasteiger charge is -2.24. The lowest BCUT2D eigenvalue weighted by atomic mass is 10.0. The number of likely N-dealkylation sites (tertiary alicyclic amines) is 1. The van der Waals surface area contributed by atoms with E-state index >= 15 is 0 Å². The summed E-state index contributed by atoms with van der Waals surface area (Å²) >= 11 is 0. The van der Waals surface area contributed by atoms with Crippen molar-refractivity contribution in [1.82, 2.24) is 29.7 Å². The molecule has 0 aromatic carbocycles. The van der Waals surface area contributed by atoms with E-state index < -0.39 is 5.60 Å². The summed E-state index contributed by atoms with van der Waals surface area (Å²) in [7, 11) is 0. The molecule has 1 atom stereocenters. The molecule has 1 N–H and O–H groups in total. The van der Waals surface area contributed by atoms with Crippen LogP contribution in [0.15, 0.2) is 42.9 Å². The van der Waals surface area contributed by atoms with Gasteiger partial charge in [-0.1, -0.05) is 0 Å². The fourth-order valence-corrected chi connectivity index (χ4v) is 4.05. The molecule has 1 saturated heterocycles. The minimum atomic E-state index is -0.488. The quantitative estimate of drug-likeness (QED) is 0.546. The topological polar surface area (TPSA) is 88.4 Å². The normalized spacial score (nSPS) is 17.2. The number of aromatic amines is 1. The number of nitrogens with one attached hydrogen (secondary N) is 1. The smallest absolute Gasteiger partial charge is 0.410 e. The number of H-pyrrole nitrogens is 1.